The Kier molecular flexibility index (Phi) is 2.48. The quantitative estimate of drug-likeness (QED) is 0.713. The molecule has 0 bridgehead atoms. The number of rotatable bonds is 2. The van der Waals surface area contributed by atoms with Gasteiger partial charge in [0.15, 0.2) is 16.7 Å². The Labute approximate surface area is 108 Å². The van der Waals surface area contributed by atoms with E-state index in [0.29, 0.717) is 16.7 Å². The highest BCUT2D eigenvalue weighted by atomic mass is 35.5. The van der Waals surface area contributed by atoms with Crippen LogP contribution in [0.25, 0.3) is 16.6 Å². The molecule has 2 heterocycles. The topological polar surface area (TPSA) is 48.7 Å². The molecule has 0 atom stereocenters. The molecule has 18 heavy (non-hydrogen) atoms. The van der Waals surface area contributed by atoms with Crippen molar-refractivity contribution >= 4 is 28.2 Å². The summed E-state index contributed by atoms with van der Waals surface area (Å²) in [6, 6.07) is 3.64. The Morgan fingerprint density at radius 1 is 1.11 bits per heavy atom. The first-order chi connectivity index (χ1) is 8.74. The molecule has 1 aromatic carbocycles. The van der Waals surface area contributed by atoms with E-state index in [1.54, 1.807) is 32.8 Å². The van der Waals surface area contributed by atoms with E-state index < -0.39 is 0 Å². The third-order valence-corrected chi connectivity index (χ3v) is 3.09. The maximum atomic E-state index is 6.10. The molecular formula is C12H10ClN3O2. The molecule has 0 amide bonds. The Morgan fingerprint density at radius 2 is 1.83 bits per heavy atom. The molecule has 0 radical (unpaired) electrons. The van der Waals surface area contributed by atoms with Crippen LogP contribution in [0.4, 0.5) is 0 Å². The lowest BCUT2D eigenvalue weighted by atomic mass is 10.2. The molecule has 6 heteroatoms. The molecule has 0 fully saturated rings. The molecule has 0 N–H and O–H groups in total. The Morgan fingerprint density at radius 3 is 2.56 bits per heavy atom. The number of ether oxygens (including phenoxy) is 2. The molecule has 0 spiro atoms. The summed E-state index contributed by atoms with van der Waals surface area (Å²) in [6.07, 6.45) is 3.36. The van der Waals surface area contributed by atoms with Gasteiger partial charge in [0.25, 0.3) is 0 Å². The predicted molar refractivity (Wildman–Crippen MR) is 68.6 cm³/mol. The minimum Gasteiger partial charge on any atom is -0.493 e. The van der Waals surface area contributed by atoms with Gasteiger partial charge in [-0.3, -0.25) is 4.40 Å². The zero-order valence-corrected chi connectivity index (χ0v) is 10.6. The molecule has 92 valence electrons. The summed E-state index contributed by atoms with van der Waals surface area (Å²) in [6.45, 7) is 0. The van der Waals surface area contributed by atoms with Crippen molar-refractivity contribution in [1.82, 2.24) is 14.4 Å². The fraction of sp³-hybridized carbons (Fsp3) is 0.167. The van der Waals surface area contributed by atoms with Crippen LogP contribution in [0.1, 0.15) is 0 Å². The average Bonchev–Trinajstić information content (AvgIpc) is 2.87. The van der Waals surface area contributed by atoms with Gasteiger partial charge >= 0.3 is 0 Å². The highest BCUT2D eigenvalue weighted by Crippen LogP contribution is 2.32. The molecular weight excluding hydrogens is 254 g/mol. The summed E-state index contributed by atoms with van der Waals surface area (Å²) in [5.41, 5.74) is 2.35. The SMILES string of the molecule is COc1cc2nc(Cl)c3cncn3c2cc1OC. The summed E-state index contributed by atoms with van der Waals surface area (Å²) in [7, 11) is 3.18. The number of hydrogen-bond donors (Lipinski definition) is 0. The van der Waals surface area contributed by atoms with Crippen LogP contribution in [0.2, 0.25) is 5.15 Å². The van der Waals surface area contributed by atoms with Gasteiger partial charge in [0.05, 0.1) is 37.8 Å². The zero-order valence-electron chi connectivity index (χ0n) is 9.85. The van der Waals surface area contributed by atoms with E-state index in [9.17, 15) is 0 Å². The number of benzene rings is 1. The van der Waals surface area contributed by atoms with Gasteiger partial charge in [0.1, 0.15) is 5.52 Å². The van der Waals surface area contributed by atoms with E-state index in [1.165, 1.54) is 0 Å². The van der Waals surface area contributed by atoms with Crippen LogP contribution in [-0.4, -0.2) is 28.6 Å². The fourth-order valence-electron chi connectivity index (χ4n) is 1.94. The summed E-state index contributed by atoms with van der Waals surface area (Å²) in [5, 5.41) is 0.409. The van der Waals surface area contributed by atoms with Gasteiger partial charge in [-0.15, -0.1) is 0 Å². The number of halogens is 1. The summed E-state index contributed by atoms with van der Waals surface area (Å²) in [5.74, 6) is 1.26. The minimum absolute atomic E-state index is 0.409. The Bertz CT molecular complexity index is 739. The molecule has 0 unspecified atom stereocenters. The molecule has 3 aromatic rings. The smallest absolute Gasteiger partial charge is 0.163 e. The summed E-state index contributed by atoms with van der Waals surface area (Å²) < 4.78 is 12.4. The lowest BCUT2D eigenvalue weighted by Gasteiger charge is -2.10. The number of fused-ring (bicyclic) bond motifs is 3. The largest absolute Gasteiger partial charge is 0.493 e. The van der Waals surface area contributed by atoms with Crippen molar-refractivity contribution in [1.29, 1.82) is 0 Å². The lowest BCUT2D eigenvalue weighted by molar-refractivity contribution is 0.355. The third kappa shape index (κ3) is 1.48. The van der Waals surface area contributed by atoms with Gasteiger partial charge < -0.3 is 9.47 Å². The molecule has 3 rings (SSSR count). The van der Waals surface area contributed by atoms with Crippen LogP contribution in [-0.2, 0) is 0 Å². The van der Waals surface area contributed by atoms with Crippen molar-refractivity contribution < 1.29 is 9.47 Å². The average molecular weight is 264 g/mol. The first-order valence-corrected chi connectivity index (χ1v) is 5.65. The number of hydrogen-bond acceptors (Lipinski definition) is 4. The van der Waals surface area contributed by atoms with Crippen LogP contribution in [0.3, 0.4) is 0 Å². The molecule has 0 saturated carbocycles. The Hall–Kier alpha value is -2.01. The number of methoxy groups -OCH3 is 2. The number of nitrogens with zero attached hydrogens (tertiary/aromatic N) is 3. The van der Waals surface area contributed by atoms with Crippen molar-refractivity contribution in [3.8, 4) is 11.5 Å². The normalized spacial score (nSPS) is 11.1. The Balaban J connectivity index is 2.46. The maximum Gasteiger partial charge on any atom is 0.163 e. The molecule has 0 aliphatic heterocycles. The molecule has 5 nitrogen and oxygen atoms in total. The predicted octanol–water partition coefficient (Wildman–Crippen LogP) is 2.55. The first-order valence-electron chi connectivity index (χ1n) is 5.28. The lowest BCUT2D eigenvalue weighted by Crippen LogP contribution is -1.95. The van der Waals surface area contributed by atoms with Gasteiger partial charge in [-0.2, -0.15) is 0 Å². The van der Waals surface area contributed by atoms with Crippen LogP contribution < -0.4 is 9.47 Å². The second kappa shape index (κ2) is 4.03. The number of imidazole rings is 1. The van der Waals surface area contributed by atoms with E-state index in [4.69, 9.17) is 21.1 Å². The van der Waals surface area contributed by atoms with Crippen molar-refractivity contribution in [2.45, 2.75) is 0 Å². The van der Waals surface area contributed by atoms with E-state index in [2.05, 4.69) is 9.97 Å². The zero-order chi connectivity index (χ0) is 12.7. The van der Waals surface area contributed by atoms with E-state index >= 15 is 0 Å². The van der Waals surface area contributed by atoms with Crippen LogP contribution >= 0.6 is 11.6 Å². The highest BCUT2D eigenvalue weighted by Gasteiger charge is 2.11. The highest BCUT2D eigenvalue weighted by molar-refractivity contribution is 6.33. The minimum atomic E-state index is 0.409. The number of aromatic nitrogens is 3. The maximum absolute atomic E-state index is 6.10. The van der Waals surface area contributed by atoms with Crippen molar-refractivity contribution in [2.24, 2.45) is 0 Å². The molecule has 0 saturated heterocycles. The van der Waals surface area contributed by atoms with Gasteiger partial charge in [-0.05, 0) is 0 Å². The van der Waals surface area contributed by atoms with E-state index in [0.717, 1.165) is 16.6 Å². The second-order valence-corrected chi connectivity index (χ2v) is 4.11. The van der Waals surface area contributed by atoms with Crippen LogP contribution in [0, 0.1) is 0 Å². The van der Waals surface area contributed by atoms with E-state index in [1.807, 2.05) is 10.5 Å². The third-order valence-electron chi connectivity index (χ3n) is 2.81. The van der Waals surface area contributed by atoms with Crippen LogP contribution in [0.15, 0.2) is 24.7 Å². The molecule has 2 aromatic heterocycles. The standard InChI is InChI=1S/C12H10ClN3O2/c1-17-10-3-7-8(4-11(10)18-2)16-6-14-5-9(16)12(13)15-7/h3-6H,1-2H3. The van der Waals surface area contributed by atoms with Crippen molar-refractivity contribution in [3.63, 3.8) is 0 Å². The molecule has 0 aliphatic rings. The fourth-order valence-corrected chi connectivity index (χ4v) is 2.17. The van der Waals surface area contributed by atoms with Gasteiger partial charge in [-0.1, -0.05) is 11.6 Å². The van der Waals surface area contributed by atoms with E-state index in [-0.39, 0.29) is 0 Å². The van der Waals surface area contributed by atoms with Gasteiger partial charge in [0.2, 0.25) is 0 Å². The monoisotopic (exact) mass is 263 g/mol. The van der Waals surface area contributed by atoms with Gasteiger partial charge in [0, 0.05) is 12.1 Å². The van der Waals surface area contributed by atoms with Crippen molar-refractivity contribution in [3.05, 3.63) is 29.8 Å². The van der Waals surface area contributed by atoms with Crippen molar-refractivity contribution in [2.75, 3.05) is 14.2 Å². The van der Waals surface area contributed by atoms with Crippen LogP contribution in [0.5, 0.6) is 11.5 Å². The second-order valence-electron chi connectivity index (χ2n) is 3.75. The van der Waals surface area contributed by atoms with Gasteiger partial charge in [-0.25, -0.2) is 9.97 Å². The molecule has 0 aliphatic carbocycles. The first kappa shape index (κ1) is 11.1. The summed E-state index contributed by atoms with van der Waals surface area (Å²) in [4.78, 5) is 8.41. The summed E-state index contributed by atoms with van der Waals surface area (Å²) >= 11 is 6.10.